The number of rotatable bonds is 2. The van der Waals surface area contributed by atoms with Gasteiger partial charge in [0.1, 0.15) is 17.6 Å². The number of carbonyl (C=O) groups is 2. The number of nitrogens with one attached hydrogen (secondary N) is 1. The Balaban J connectivity index is 1.91. The van der Waals surface area contributed by atoms with Crippen LogP contribution in [0.4, 0.5) is 4.39 Å². The summed E-state index contributed by atoms with van der Waals surface area (Å²) in [7, 11) is 1.77. The molecule has 1 fully saturated rings. The van der Waals surface area contributed by atoms with Crippen molar-refractivity contribution in [3.8, 4) is 0 Å². The van der Waals surface area contributed by atoms with Crippen LogP contribution in [0.2, 0.25) is 0 Å². The highest BCUT2D eigenvalue weighted by Crippen LogP contribution is 2.21. The van der Waals surface area contributed by atoms with Gasteiger partial charge in [-0.2, -0.15) is 0 Å². The number of aromatic nitrogens is 1. The van der Waals surface area contributed by atoms with E-state index in [1.165, 1.54) is 12.1 Å². The molecule has 116 valence electrons. The first-order valence-corrected chi connectivity index (χ1v) is 7.04. The fraction of sp³-hybridized carbons (Fsp3) is 0.333. The van der Waals surface area contributed by atoms with Crippen LogP contribution in [-0.4, -0.2) is 47.0 Å². The Hall–Kier alpha value is -2.41. The zero-order valence-corrected chi connectivity index (χ0v) is 12.2. The summed E-state index contributed by atoms with van der Waals surface area (Å²) in [5, 5.41) is 3.65. The van der Waals surface area contributed by atoms with Crippen LogP contribution in [0.1, 0.15) is 10.5 Å². The average molecular weight is 304 g/mol. The highest BCUT2D eigenvalue weighted by molar-refractivity contribution is 5.99. The Morgan fingerprint density at radius 3 is 2.86 bits per heavy atom. The molecule has 1 aliphatic rings. The normalized spacial score (nSPS) is 18.6. The van der Waals surface area contributed by atoms with Gasteiger partial charge in [0.25, 0.3) is 5.91 Å². The van der Waals surface area contributed by atoms with Gasteiger partial charge in [0, 0.05) is 37.6 Å². The number of benzene rings is 1. The van der Waals surface area contributed by atoms with Crippen molar-refractivity contribution in [3.05, 3.63) is 35.8 Å². The van der Waals surface area contributed by atoms with Crippen molar-refractivity contribution < 1.29 is 14.0 Å². The zero-order chi connectivity index (χ0) is 15.9. The van der Waals surface area contributed by atoms with Gasteiger partial charge in [-0.15, -0.1) is 0 Å². The molecule has 7 heteroatoms. The molecule has 3 rings (SSSR count). The van der Waals surface area contributed by atoms with Gasteiger partial charge in [0.2, 0.25) is 5.91 Å². The summed E-state index contributed by atoms with van der Waals surface area (Å²) in [5.41, 5.74) is 6.54. The second-order valence-corrected chi connectivity index (χ2v) is 5.45. The van der Waals surface area contributed by atoms with E-state index in [-0.39, 0.29) is 18.3 Å². The van der Waals surface area contributed by atoms with E-state index in [4.69, 9.17) is 5.73 Å². The quantitative estimate of drug-likeness (QED) is 0.833. The minimum Gasteiger partial charge on any atom is -0.368 e. The van der Waals surface area contributed by atoms with Crippen LogP contribution in [0.3, 0.4) is 0 Å². The molecule has 0 saturated carbocycles. The molecule has 2 aromatic rings. The SMILES string of the molecule is Cn1c(C(=O)N2CCN[C@H](C(N)=O)C2)cc2cc(F)ccc21. The summed E-state index contributed by atoms with van der Waals surface area (Å²) in [6.45, 7) is 1.25. The summed E-state index contributed by atoms with van der Waals surface area (Å²) in [5.74, 6) is -1.00. The predicted octanol–water partition coefficient (Wildman–Crippen LogP) is 0.217. The van der Waals surface area contributed by atoms with Gasteiger partial charge in [-0.05, 0) is 24.3 Å². The van der Waals surface area contributed by atoms with E-state index < -0.39 is 11.9 Å². The van der Waals surface area contributed by atoms with Gasteiger partial charge in [0.05, 0.1) is 0 Å². The minimum atomic E-state index is -0.537. The minimum absolute atomic E-state index is 0.188. The number of halogens is 1. The van der Waals surface area contributed by atoms with Crippen molar-refractivity contribution in [1.29, 1.82) is 0 Å². The van der Waals surface area contributed by atoms with Gasteiger partial charge in [-0.25, -0.2) is 4.39 Å². The summed E-state index contributed by atoms with van der Waals surface area (Å²) < 4.78 is 15.0. The van der Waals surface area contributed by atoms with E-state index in [0.29, 0.717) is 24.2 Å². The maximum absolute atomic E-state index is 13.3. The lowest BCUT2D eigenvalue weighted by atomic mass is 10.2. The lowest BCUT2D eigenvalue weighted by Gasteiger charge is -2.32. The smallest absolute Gasteiger partial charge is 0.270 e. The van der Waals surface area contributed by atoms with Crippen LogP contribution in [0.5, 0.6) is 0 Å². The number of fused-ring (bicyclic) bond motifs is 1. The number of primary amides is 1. The molecular formula is C15H17FN4O2. The number of aryl methyl sites for hydroxylation is 1. The van der Waals surface area contributed by atoms with E-state index in [1.54, 1.807) is 28.6 Å². The van der Waals surface area contributed by atoms with E-state index >= 15 is 0 Å². The number of piperazine rings is 1. The number of hydrogen-bond acceptors (Lipinski definition) is 3. The molecule has 1 aromatic carbocycles. The number of amides is 2. The van der Waals surface area contributed by atoms with Crippen molar-refractivity contribution in [2.75, 3.05) is 19.6 Å². The molecule has 2 heterocycles. The van der Waals surface area contributed by atoms with Gasteiger partial charge < -0.3 is 20.5 Å². The number of nitrogens with two attached hydrogens (primary N) is 1. The first-order valence-electron chi connectivity index (χ1n) is 7.04. The second kappa shape index (κ2) is 5.42. The fourth-order valence-corrected chi connectivity index (χ4v) is 2.81. The largest absolute Gasteiger partial charge is 0.368 e. The predicted molar refractivity (Wildman–Crippen MR) is 79.8 cm³/mol. The Labute approximate surface area is 126 Å². The molecule has 0 aliphatic carbocycles. The first kappa shape index (κ1) is 14.5. The molecule has 1 aliphatic heterocycles. The van der Waals surface area contributed by atoms with E-state index in [0.717, 1.165) is 5.52 Å². The van der Waals surface area contributed by atoms with Gasteiger partial charge in [-0.3, -0.25) is 9.59 Å². The van der Waals surface area contributed by atoms with Crippen molar-refractivity contribution in [3.63, 3.8) is 0 Å². The number of carbonyl (C=O) groups excluding carboxylic acids is 2. The molecule has 1 saturated heterocycles. The summed E-state index contributed by atoms with van der Waals surface area (Å²) >= 11 is 0. The van der Waals surface area contributed by atoms with Crippen LogP contribution >= 0.6 is 0 Å². The number of nitrogens with zero attached hydrogens (tertiary/aromatic N) is 2. The monoisotopic (exact) mass is 304 g/mol. The Morgan fingerprint density at radius 1 is 1.36 bits per heavy atom. The average Bonchev–Trinajstić information content (AvgIpc) is 2.83. The molecule has 2 amide bonds. The Bertz CT molecular complexity index is 755. The lowest BCUT2D eigenvalue weighted by molar-refractivity contribution is -0.120. The molecule has 1 aromatic heterocycles. The second-order valence-electron chi connectivity index (χ2n) is 5.45. The standard InChI is InChI=1S/C15H17FN4O2/c1-19-12-3-2-10(16)6-9(12)7-13(19)15(22)20-5-4-18-11(8-20)14(17)21/h2-3,6-7,11,18H,4-5,8H2,1H3,(H2,17,21)/t11-/m0/s1. The maximum atomic E-state index is 13.3. The van der Waals surface area contributed by atoms with Gasteiger partial charge in [-0.1, -0.05) is 0 Å². The first-order chi connectivity index (χ1) is 10.5. The van der Waals surface area contributed by atoms with Crippen LogP contribution in [0.15, 0.2) is 24.3 Å². The van der Waals surface area contributed by atoms with Crippen LogP contribution in [0.25, 0.3) is 10.9 Å². The van der Waals surface area contributed by atoms with Crippen molar-refractivity contribution >= 4 is 22.7 Å². The summed E-state index contributed by atoms with van der Waals surface area (Å²) in [6.07, 6.45) is 0. The van der Waals surface area contributed by atoms with Gasteiger partial charge in [0.15, 0.2) is 0 Å². The molecule has 0 unspecified atom stereocenters. The maximum Gasteiger partial charge on any atom is 0.270 e. The lowest BCUT2D eigenvalue weighted by Crippen LogP contribution is -2.57. The molecule has 1 atom stereocenters. The molecule has 3 N–H and O–H groups in total. The third-order valence-corrected chi connectivity index (χ3v) is 4.03. The summed E-state index contributed by atoms with van der Waals surface area (Å²) in [6, 6.07) is 5.54. The Morgan fingerprint density at radius 2 is 2.14 bits per heavy atom. The highest BCUT2D eigenvalue weighted by atomic mass is 19.1. The topological polar surface area (TPSA) is 80.4 Å². The molecule has 0 radical (unpaired) electrons. The third-order valence-electron chi connectivity index (χ3n) is 4.03. The Kier molecular flexibility index (Phi) is 3.58. The zero-order valence-electron chi connectivity index (χ0n) is 12.2. The summed E-state index contributed by atoms with van der Waals surface area (Å²) in [4.78, 5) is 25.5. The van der Waals surface area contributed by atoms with Gasteiger partial charge >= 0.3 is 0 Å². The number of hydrogen-bond donors (Lipinski definition) is 2. The molecule has 22 heavy (non-hydrogen) atoms. The fourth-order valence-electron chi connectivity index (χ4n) is 2.81. The highest BCUT2D eigenvalue weighted by Gasteiger charge is 2.28. The van der Waals surface area contributed by atoms with E-state index in [1.807, 2.05) is 0 Å². The van der Waals surface area contributed by atoms with E-state index in [2.05, 4.69) is 5.32 Å². The van der Waals surface area contributed by atoms with Crippen LogP contribution in [-0.2, 0) is 11.8 Å². The third kappa shape index (κ3) is 2.43. The van der Waals surface area contributed by atoms with Crippen LogP contribution in [0, 0.1) is 5.82 Å². The van der Waals surface area contributed by atoms with Crippen molar-refractivity contribution in [2.24, 2.45) is 12.8 Å². The molecule has 0 spiro atoms. The van der Waals surface area contributed by atoms with E-state index in [9.17, 15) is 14.0 Å². The van der Waals surface area contributed by atoms with Crippen molar-refractivity contribution in [2.45, 2.75) is 6.04 Å². The molecule has 0 bridgehead atoms. The molecular weight excluding hydrogens is 287 g/mol. The van der Waals surface area contributed by atoms with Crippen LogP contribution < -0.4 is 11.1 Å². The molecule has 6 nitrogen and oxygen atoms in total. The van der Waals surface area contributed by atoms with Crippen molar-refractivity contribution in [1.82, 2.24) is 14.8 Å².